The van der Waals surface area contributed by atoms with E-state index in [0.717, 1.165) is 0 Å². The molecule has 0 saturated heterocycles. The number of amides is 3. The van der Waals surface area contributed by atoms with Gasteiger partial charge in [-0.15, -0.1) is 0 Å². The van der Waals surface area contributed by atoms with Gasteiger partial charge in [-0.3, -0.25) is 14.9 Å². The maximum absolute atomic E-state index is 12.0. The summed E-state index contributed by atoms with van der Waals surface area (Å²) in [6.07, 6.45) is -1.20. The van der Waals surface area contributed by atoms with Gasteiger partial charge in [-0.1, -0.05) is 0 Å². The van der Waals surface area contributed by atoms with Crippen LogP contribution in [0.5, 0.6) is 0 Å². The number of nitrogens with one attached hydrogen (secondary N) is 2. The largest absolute Gasteiger partial charge is 0.448 e. The van der Waals surface area contributed by atoms with Crippen molar-refractivity contribution < 1.29 is 23.9 Å². The van der Waals surface area contributed by atoms with Crippen LogP contribution < -0.4 is 11.1 Å². The minimum atomic E-state index is -1.20. The number of aromatic amines is 1. The van der Waals surface area contributed by atoms with E-state index in [9.17, 15) is 19.2 Å². The zero-order valence-corrected chi connectivity index (χ0v) is 12.2. The lowest BCUT2D eigenvalue weighted by Crippen LogP contribution is -2.42. The Balaban J connectivity index is 2.91. The predicted octanol–water partition coefficient (Wildman–Crippen LogP) is 0.574. The molecule has 1 aromatic rings. The summed E-state index contributed by atoms with van der Waals surface area (Å²) in [6.45, 7) is 5.95. The van der Waals surface area contributed by atoms with Crippen LogP contribution in [0.3, 0.4) is 0 Å². The molecule has 3 amide bonds. The highest BCUT2D eigenvalue weighted by Crippen LogP contribution is 2.19. The van der Waals surface area contributed by atoms with Crippen LogP contribution in [0.4, 0.5) is 4.79 Å². The Morgan fingerprint density at radius 3 is 2.24 bits per heavy atom. The minimum absolute atomic E-state index is 0.0939. The number of carbonyl (C=O) groups is 4. The number of aromatic nitrogens is 1. The van der Waals surface area contributed by atoms with Gasteiger partial charge in [0.15, 0.2) is 11.9 Å². The van der Waals surface area contributed by atoms with Crippen molar-refractivity contribution in [1.82, 2.24) is 10.3 Å². The van der Waals surface area contributed by atoms with Gasteiger partial charge in [-0.05, 0) is 33.3 Å². The van der Waals surface area contributed by atoms with E-state index in [0.29, 0.717) is 16.8 Å². The molecule has 0 aliphatic heterocycles. The first kappa shape index (κ1) is 16.4. The second-order valence-electron chi connectivity index (χ2n) is 4.58. The van der Waals surface area contributed by atoms with Crippen LogP contribution in [0.1, 0.15) is 46.0 Å². The lowest BCUT2D eigenvalue weighted by atomic mass is 10.1. The molecule has 21 heavy (non-hydrogen) atoms. The minimum Gasteiger partial charge on any atom is -0.448 e. The molecule has 0 bridgehead atoms. The summed E-state index contributed by atoms with van der Waals surface area (Å²) in [5.74, 6) is -1.81. The van der Waals surface area contributed by atoms with Gasteiger partial charge < -0.3 is 15.5 Å². The quantitative estimate of drug-likeness (QED) is 0.552. The molecule has 114 valence electrons. The molecule has 1 unspecified atom stereocenters. The zero-order chi connectivity index (χ0) is 16.3. The van der Waals surface area contributed by atoms with Crippen molar-refractivity contribution >= 4 is 23.7 Å². The number of imide groups is 1. The number of ketones is 1. The molecular weight excluding hydrogens is 278 g/mol. The molecule has 0 aromatic carbocycles. The van der Waals surface area contributed by atoms with Gasteiger partial charge in [0.05, 0.1) is 0 Å². The zero-order valence-electron chi connectivity index (χ0n) is 12.2. The highest BCUT2D eigenvalue weighted by molar-refractivity contribution is 6.02. The average molecular weight is 295 g/mol. The smallest absolute Gasteiger partial charge is 0.355 e. The number of aryl methyl sites for hydroxylation is 1. The number of urea groups is 1. The van der Waals surface area contributed by atoms with Gasteiger partial charge in [0.2, 0.25) is 0 Å². The van der Waals surface area contributed by atoms with E-state index in [-0.39, 0.29) is 11.5 Å². The highest BCUT2D eigenvalue weighted by Gasteiger charge is 2.25. The second kappa shape index (κ2) is 6.21. The number of H-pyrrole nitrogens is 1. The molecule has 4 N–H and O–H groups in total. The first-order valence-electron chi connectivity index (χ1n) is 6.16. The van der Waals surface area contributed by atoms with Crippen LogP contribution in [0.2, 0.25) is 0 Å². The molecule has 1 atom stereocenters. The van der Waals surface area contributed by atoms with Crippen molar-refractivity contribution in [1.29, 1.82) is 0 Å². The van der Waals surface area contributed by atoms with Crippen LogP contribution in [-0.2, 0) is 9.53 Å². The van der Waals surface area contributed by atoms with Crippen LogP contribution in [0.25, 0.3) is 0 Å². The maximum Gasteiger partial charge on any atom is 0.355 e. The summed E-state index contributed by atoms with van der Waals surface area (Å²) in [7, 11) is 0. The van der Waals surface area contributed by atoms with Crippen LogP contribution in [0.15, 0.2) is 0 Å². The number of esters is 1. The topological polar surface area (TPSA) is 131 Å². The van der Waals surface area contributed by atoms with Crippen molar-refractivity contribution in [3.63, 3.8) is 0 Å². The Kier molecular flexibility index (Phi) is 4.85. The van der Waals surface area contributed by atoms with Crippen LogP contribution >= 0.6 is 0 Å². The molecular formula is C13H17N3O5. The molecule has 8 heteroatoms. The highest BCUT2D eigenvalue weighted by atomic mass is 16.5. The summed E-state index contributed by atoms with van der Waals surface area (Å²) in [4.78, 5) is 48.2. The van der Waals surface area contributed by atoms with E-state index in [1.807, 2.05) is 5.32 Å². The number of carbonyl (C=O) groups excluding carboxylic acids is 4. The van der Waals surface area contributed by atoms with E-state index in [4.69, 9.17) is 10.5 Å². The number of rotatable bonds is 4. The van der Waals surface area contributed by atoms with Gasteiger partial charge in [-0.2, -0.15) is 0 Å². The molecule has 0 fully saturated rings. The maximum atomic E-state index is 12.0. The Hall–Kier alpha value is -2.64. The number of nitrogens with two attached hydrogens (primary N) is 1. The molecule has 1 aromatic heterocycles. The second-order valence-corrected chi connectivity index (χ2v) is 4.58. The van der Waals surface area contributed by atoms with Crippen molar-refractivity contribution in [2.45, 2.75) is 33.8 Å². The fourth-order valence-corrected chi connectivity index (χ4v) is 1.98. The lowest BCUT2D eigenvalue weighted by molar-refractivity contribution is -0.127. The molecule has 0 radical (unpaired) electrons. The summed E-state index contributed by atoms with van der Waals surface area (Å²) < 4.78 is 4.93. The van der Waals surface area contributed by atoms with E-state index >= 15 is 0 Å². The number of hydrogen-bond donors (Lipinski definition) is 3. The molecule has 0 aliphatic carbocycles. The first-order valence-corrected chi connectivity index (χ1v) is 6.16. The Morgan fingerprint density at radius 1 is 1.24 bits per heavy atom. The normalized spacial score (nSPS) is 11.6. The van der Waals surface area contributed by atoms with Gasteiger partial charge >= 0.3 is 12.0 Å². The van der Waals surface area contributed by atoms with E-state index in [1.54, 1.807) is 13.8 Å². The van der Waals surface area contributed by atoms with Gasteiger partial charge in [0.1, 0.15) is 5.69 Å². The third-order valence-electron chi connectivity index (χ3n) is 2.89. The van der Waals surface area contributed by atoms with Crippen LogP contribution in [-0.4, -0.2) is 34.8 Å². The number of Topliss-reactive ketones (excluding diaryl/α,β-unsaturated/α-hetero) is 1. The molecule has 1 heterocycles. The average Bonchev–Trinajstić information content (AvgIpc) is 2.63. The summed E-state index contributed by atoms with van der Waals surface area (Å²) in [6, 6.07) is -1.03. The lowest BCUT2D eigenvalue weighted by Gasteiger charge is -2.11. The third kappa shape index (κ3) is 3.68. The summed E-state index contributed by atoms with van der Waals surface area (Å²) in [5, 5.41) is 1.81. The summed E-state index contributed by atoms with van der Waals surface area (Å²) >= 11 is 0. The molecule has 1 rings (SSSR count). The van der Waals surface area contributed by atoms with Gasteiger partial charge in [-0.25, -0.2) is 9.59 Å². The van der Waals surface area contributed by atoms with Crippen molar-refractivity contribution in [3.8, 4) is 0 Å². The SMILES string of the molecule is CC(=O)c1c(C)[nH]c(C(=O)OC(C)C(=O)NC(N)=O)c1C. The Bertz CT molecular complexity index is 618. The Labute approximate surface area is 121 Å². The van der Waals surface area contributed by atoms with Crippen molar-refractivity contribution in [2.24, 2.45) is 5.73 Å². The molecule has 0 saturated carbocycles. The number of ether oxygens (including phenoxy) is 1. The Morgan fingerprint density at radius 2 is 1.81 bits per heavy atom. The number of hydrogen-bond acceptors (Lipinski definition) is 5. The van der Waals surface area contributed by atoms with E-state index in [2.05, 4.69) is 4.98 Å². The summed E-state index contributed by atoms with van der Waals surface area (Å²) in [5.41, 5.74) is 6.30. The third-order valence-corrected chi connectivity index (χ3v) is 2.89. The number of primary amides is 1. The van der Waals surface area contributed by atoms with E-state index < -0.39 is 24.0 Å². The van der Waals surface area contributed by atoms with Crippen LogP contribution in [0, 0.1) is 13.8 Å². The predicted molar refractivity (Wildman–Crippen MR) is 72.9 cm³/mol. The first-order chi connectivity index (χ1) is 9.65. The molecule has 0 spiro atoms. The fourth-order valence-electron chi connectivity index (χ4n) is 1.98. The van der Waals surface area contributed by atoms with E-state index in [1.165, 1.54) is 13.8 Å². The fraction of sp³-hybridized carbons (Fsp3) is 0.385. The standard InChI is InChI=1S/C13H17N3O5/c1-5-9(7(3)17)6(2)15-10(5)12(19)21-8(4)11(18)16-13(14)20/h8,15H,1-4H3,(H3,14,16,18,20). The van der Waals surface area contributed by atoms with Gasteiger partial charge in [0.25, 0.3) is 5.91 Å². The monoisotopic (exact) mass is 295 g/mol. The van der Waals surface area contributed by atoms with Crippen molar-refractivity contribution in [2.75, 3.05) is 0 Å². The molecule has 0 aliphatic rings. The van der Waals surface area contributed by atoms with Crippen molar-refractivity contribution in [3.05, 3.63) is 22.5 Å². The van der Waals surface area contributed by atoms with Gasteiger partial charge in [0, 0.05) is 11.3 Å². The molecule has 8 nitrogen and oxygen atoms in total.